The second-order valence-electron chi connectivity index (χ2n) is 9.63. The molecule has 0 radical (unpaired) electrons. The average molecular weight is 534 g/mol. The summed E-state index contributed by atoms with van der Waals surface area (Å²) in [6.07, 6.45) is 5.27. The van der Waals surface area contributed by atoms with E-state index in [9.17, 15) is 9.59 Å². The number of nitrogens with zero attached hydrogens (tertiary/aromatic N) is 5. The molecule has 0 spiro atoms. The number of hydrogen-bond acceptors (Lipinski definition) is 6. The van der Waals surface area contributed by atoms with Gasteiger partial charge in [-0.3, -0.25) is 19.1 Å². The van der Waals surface area contributed by atoms with Crippen molar-refractivity contribution in [3.8, 4) is 11.4 Å². The largest absolute Gasteiger partial charge is 0.494 e. The zero-order chi connectivity index (χ0) is 28.1. The van der Waals surface area contributed by atoms with E-state index in [2.05, 4.69) is 9.97 Å². The molecule has 2 aromatic carbocycles. The molecule has 40 heavy (non-hydrogen) atoms. The van der Waals surface area contributed by atoms with Crippen LogP contribution in [0, 0.1) is 6.92 Å². The summed E-state index contributed by atoms with van der Waals surface area (Å²) in [4.78, 5) is 43.0. The molecule has 0 bridgehead atoms. The third-order valence-corrected chi connectivity index (χ3v) is 6.79. The fourth-order valence-electron chi connectivity index (χ4n) is 4.67. The van der Waals surface area contributed by atoms with Gasteiger partial charge in [0.1, 0.15) is 11.6 Å². The Labute approximate surface area is 232 Å². The second-order valence-corrected chi connectivity index (χ2v) is 9.63. The first-order valence-electron chi connectivity index (χ1n) is 13.3. The Morgan fingerprint density at radius 3 is 2.42 bits per heavy atom. The number of fused-ring (bicyclic) bond motifs is 1. The minimum absolute atomic E-state index is 0.0891. The van der Waals surface area contributed by atoms with Gasteiger partial charge in [-0.1, -0.05) is 35.9 Å². The minimum Gasteiger partial charge on any atom is -0.494 e. The molecule has 0 saturated heterocycles. The Morgan fingerprint density at radius 2 is 1.73 bits per heavy atom. The molecule has 0 unspecified atom stereocenters. The van der Waals surface area contributed by atoms with E-state index in [1.165, 1.54) is 0 Å². The van der Waals surface area contributed by atoms with Gasteiger partial charge in [-0.05, 0) is 74.4 Å². The molecule has 202 valence electrons. The Morgan fingerprint density at radius 1 is 0.975 bits per heavy atom. The Bertz CT molecular complexity index is 1670. The lowest BCUT2D eigenvalue weighted by atomic mass is 10.1. The van der Waals surface area contributed by atoms with E-state index in [1.807, 2.05) is 81.4 Å². The fraction of sp³-hybridized carbons (Fsp3) is 0.219. The SMILES string of the molecule is CCOc1ccc(-n2c([C@@H](C)N(Cc3cccnc3)C(=O)Cc3ccc(C)cc3)nc3ncccc3c2=O)cc1. The van der Waals surface area contributed by atoms with Crippen LogP contribution in [0.2, 0.25) is 0 Å². The van der Waals surface area contributed by atoms with Crippen molar-refractivity contribution in [3.63, 3.8) is 0 Å². The lowest BCUT2D eigenvalue weighted by Crippen LogP contribution is -2.38. The van der Waals surface area contributed by atoms with E-state index >= 15 is 0 Å². The van der Waals surface area contributed by atoms with Gasteiger partial charge >= 0.3 is 0 Å². The Hall–Kier alpha value is -4.85. The molecule has 3 aromatic heterocycles. The summed E-state index contributed by atoms with van der Waals surface area (Å²) in [7, 11) is 0. The predicted molar refractivity (Wildman–Crippen MR) is 154 cm³/mol. The maximum atomic E-state index is 13.9. The molecule has 8 heteroatoms. The lowest BCUT2D eigenvalue weighted by Gasteiger charge is -2.31. The van der Waals surface area contributed by atoms with Gasteiger partial charge in [0, 0.05) is 25.1 Å². The van der Waals surface area contributed by atoms with Crippen LogP contribution < -0.4 is 10.3 Å². The highest BCUT2D eigenvalue weighted by atomic mass is 16.5. The number of pyridine rings is 2. The topological polar surface area (TPSA) is 90.2 Å². The number of carbonyl (C=O) groups is 1. The molecule has 1 atom stereocenters. The van der Waals surface area contributed by atoms with Crippen molar-refractivity contribution in [1.82, 2.24) is 24.4 Å². The molecule has 5 aromatic rings. The summed E-state index contributed by atoms with van der Waals surface area (Å²) < 4.78 is 7.17. The monoisotopic (exact) mass is 533 g/mol. The van der Waals surface area contributed by atoms with Crippen LogP contribution in [0.3, 0.4) is 0 Å². The van der Waals surface area contributed by atoms with Crippen LogP contribution in [0.1, 0.15) is 42.4 Å². The summed E-state index contributed by atoms with van der Waals surface area (Å²) in [5, 5.41) is 0.400. The first-order chi connectivity index (χ1) is 19.4. The van der Waals surface area contributed by atoms with Crippen molar-refractivity contribution in [2.45, 2.75) is 39.8 Å². The molecule has 0 N–H and O–H groups in total. The molecule has 0 aliphatic heterocycles. The highest BCUT2D eigenvalue weighted by Crippen LogP contribution is 2.26. The molecule has 8 nitrogen and oxygen atoms in total. The van der Waals surface area contributed by atoms with E-state index in [0.29, 0.717) is 41.4 Å². The maximum absolute atomic E-state index is 13.9. The van der Waals surface area contributed by atoms with E-state index in [-0.39, 0.29) is 17.9 Å². The van der Waals surface area contributed by atoms with Gasteiger partial charge < -0.3 is 9.64 Å². The number of benzene rings is 2. The molecule has 0 aliphatic carbocycles. The van der Waals surface area contributed by atoms with Gasteiger partial charge in [-0.2, -0.15) is 0 Å². The number of ether oxygens (including phenoxy) is 1. The van der Waals surface area contributed by atoms with Gasteiger partial charge in [0.15, 0.2) is 5.65 Å². The normalized spacial score (nSPS) is 11.8. The van der Waals surface area contributed by atoms with Crippen molar-refractivity contribution >= 4 is 16.9 Å². The summed E-state index contributed by atoms with van der Waals surface area (Å²) in [6, 6.07) is 21.9. The average Bonchev–Trinajstić information content (AvgIpc) is 2.98. The van der Waals surface area contributed by atoms with Gasteiger partial charge in [-0.15, -0.1) is 0 Å². The number of aryl methyl sites for hydroxylation is 1. The third-order valence-electron chi connectivity index (χ3n) is 6.79. The first-order valence-corrected chi connectivity index (χ1v) is 13.3. The summed E-state index contributed by atoms with van der Waals surface area (Å²) in [5.41, 5.74) is 3.63. The van der Waals surface area contributed by atoms with Gasteiger partial charge in [-0.25, -0.2) is 9.97 Å². The summed E-state index contributed by atoms with van der Waals surface area (Å²) in [6.45, 7) is 6.67. The number of carbonyl (C=O) groups excluding carboxylic acids is 1. The van der Waals surface area contributed by atoms with Crippen LogP contribution >= 0.6 is 0 Å². The molecular formula is C32H31N5O3. The van der Waals surface area contributed by atoms with Gasteiger partial charge in [0.2, 0.25) is 5.91 Å². The Balaban J connectivity index is 1.62. The number of aromatic nitrogens is 4. The van der Waals surface area contributed by atoms with Crippen LogP contribution in [0.4, 0.5) is 0 Å². The molecular weight excluding hydrogens is 502 g/mol. The van der Waals surface area contributed by atoms with E-state index < -0.39 is 6.04 Å². The molecule has 0 aliphatic rings. The number of hydrogen-bond donors (Lipinski definition) is 0. The van der Waals surface area contributed by atoms with E-state index in [4.69, 9.17) is 9.72 Å². The van der Waals surface area contributed by atoms with Crippen LogP contribution in [-0.4, -0.2) is 36.9 Å². The van der Waals surface area contributed by atoms with Crippen molar-refractivity contribution < 1.29 is 9.53 Å². The van der Waals surface area contributed by atoms with Crippen LogP contribution in [0.5, 0.6) is 5.75 Å². The standard InChI is InChI=1S/C32H31N5O3/c1-4-40-27-15-13-26(14-16-27)37-31(35-30-28(32(37)39)8-6-18-34-30)23(3)36(21-25-7-5-17-33-20-25)29(38)19-24-11-9-22(2)10-12-24/h5-18,20,23H,4,19,21H2,1-3H3/t23-/m1/s1. The maximum Gasteiger partial charge on any atom is 0.267 e. The minimum atomic E-state index is -0.566. The second kappa shape index (κ2) is 11.9. The van der Waals surface area contributed by atoms with E-state index in [0.717, 1.165) is 16.7 Å². The molecule has 3 heterocycles. The molecule has 0 saturated carbocycles. The number of amides is 1. The molecule has 1 amide bonds. The highest BCUT2D eigenvalue weighted by Gasteiger charge is 2.27. The fourth-order valence-corrected chi connectivity index (χ4v) is 4.67. The number of rotatable bonds is 9. The Kier molecular flexibility index (Phi) is 7.96. The van der Waals surface area contributed by atoms with Crippen LogP contribution in [0.25, 0.3) is 16.7 Å². The van der Waals surface area contributed by atoms with Gasteiger partial charge in [0.05, 0.1) is 30.1 Å². The van der Waals surface area contributed by atoms with E-state index in [1.54, 1.807) is 40.2 Å². The zero-order valence-electron chi connectivity index (χ0n) is 22.8. The quantitative estimate of drug-likeness (QED) is 0.258. The van der Waals surface area contributed by atoms with Crippen molar-refractivity contribution in [1.29, 1.82) is 0 Å². The van der Waals surface area contributed by atoms with Crippen molar-refractivity contribution in [2.75, 3.05) is 6.61 Å². The highest BCUT2D eigenvalue weighted by molar-refractivity contribution is 5.79. The predicted octanol–water partition coefficient (Wildman–Crippen LogP) is 5.22. The lowest BCUT2D eigenvalue weighted by molar-refractivity contribution is -0.133. The van der Waals surface area contributed by atoms with Crippen molar-refractivity contribution in [2.24, 2.45) is 0 Å². The smallest absolute Gasteiger partial charge is 0.267 e. The van der Waals surface area contributed by atoms with Crippen molar-refractivity contribution in [3.05, 3.63) is 124 Å². The van der Waals surface area contributed by atoms with Gasteiger partial charge in [0.25, 0.3) is 5.56 Å². The van der Waals surface area contributed by atoms with Crippen LogP contribution in [0.15, 0.2) is 96.2 Å². The zero-order valence-corrected chi connectivity index (χ0v) is 22.8. The summed E-state index contributed by atoms with van der Waals surface area (Å²) in [5.74, 6) is 1.03. The third kappa shape index (κ3) is 5.76. The molecule has 5 rings (SSSR count). The summed E-state index contributed by atoms with van der Waals surface area (Å²) >= 11 is 0. The van der Waals surface area contributed by atoms with Crippen LogP contribution in [-0.2, 0) is 17.8 Å². The molecule has 0 fully saturated rings. The first kappa shape index (κ1) is 26.7.